The Hall–Kier alpha value is -0.820. The number of hydrogen-bond acceptors (Lipinski definition) is 4. The smallest absolute Gasteiger partial charge is 0.244 e. The molecule has 0 spiro atoms. The van der Waals surface area contributed by atoms with Crippen molar-refractivity contribution in [2.24, 2.45) is 0 Å². The standard InChI is InChI=1S/C14H22ClN3O2S/c1-3-12-10-17(2)7-4-8-18(12)21(19,20)14-9-11(16)5-6-13(14)15/h5-6,9,12H,3-4,7-8,10,16H2,1-2H3. The lowest BCUT2D eigenvalue weighted by atomic mass is 10.2. The number of likely N-dealkylation sites (N-methyl/N-ethyl adjacent to an activating group) is 1. The number of hydrogen-bond donors (Lipinski definition) is 1. The van der Waals surface area contributed by atoms with E-state index in [1.807, 2.05) is 14.0 Å². The molecule has 1 aromatic rings. The fourth-order valence-corrected chi connectivity index (χ4v) is 4.95. The monoisotopic (exact) mass is 331 g/mol. The molecule has 0 aromatic heterocycles. The average molecular weight is 332 g/mol. The van der Waals surface area contributed by atoms with E-state index in [0.717, 1.165) is 25.9 Å². The molecule has 0 bridgehead atoms. The Morgan fingerprint density at radius 2 is 2.10 bits per heavy atom. The molecular weight excluding hydrogens is 310 g/mol. The van der Waals surface area contributed by atoms with Gasteiger partial charge in [0.15, 0.2) is 0 Å². The van der Waals surface area contributed by atoms with Gasteiger partial charge >= 0.3 is 0 Å². The first kappa shape index (κ1) is 16.5. The molecule has 1 unspecified atom stereocenters. The molecule has 1 heterocycles. The molecule has 2 rings (SSSR count). The fourth-order valence-electron chi connectivity index (χ4n) is 2.71. The van der Waals surface area contributed by atoms with Gasteiger partial charge < -0.3 is 10.6 Å². The number of halogens is 1. The second-order valence-corrected chi connectivity index (χ2v) is 7.75. The first-order valence-corrected chi connectivity index (χ1v) is 8.93. The lowest BCUT2D eigenvalue weighted by Gasteiger charge is -2.29. The molecule has 1 aromatic carbocycles. The van der Waals surface area contributed by atoms with Crippen LogP contribution in [0.15, 0.2) is 23.1 Å². The zero-order valence-electron chi connectivity index (χ0n) is 12.4. The Kier molecular flexibility index (Phi) is 5.14. The average Bonchev–Trinajstić information content (AvgIpc) is 2.63. The topological polar surface area (TPSA) is 66.6 Å². The summed E-state index contributed by atoms with van der Waals surface area (Å²) in [4.78, 5) is 2.28. The molecule has 2 N–H and O–H groups in total. The molecule has 0 amide bonds. The fraction of sp³-hybridized carbons (Fsp3) is 0.571. The predicted octanol–water partition coefficient (Wildman–Crippen LogP) is 2.03. The molecule has 1 saturated heterocycles. The van der Waals surface area contributed by atoms with Gasteiger partial charge in [-0.2, -0.15) is 4.31 Å². The van der Waals surface area contributed by atoms with E-state index in [4.69, 9.17) is 17.3 Å². The van der Waals surface area contributed by atoms with Crippen LogP contribution < -0.4 is 5.73 Å². The number of nitrogens with zero attached hydrogens (tertiary/aromatic N) is 2. The van der Waals surface area contributed by atoms with Crippen molar-refractivity contribution < 1.29 is 8.42 Å². The van der Waals surface area contributed by atoms with Crippen LogP contribution in [0, 0.1) is 0 Å². The van der Waals surface area contributed by atoms with Gasteiger partial charge in [-0.3, -0.25) is 0 Å². The summed E-state index contributed by atoms with van der Waals surface area (Å²) in [6.45, 7) is 4.15. The van der Waals surface area contributed by atoms with Gasteiger partial charge in [-0.1, -0.05) is 18.5 Å². The summed E-state index contributed by atoms with van der Waals surface area (Å²) in [7, 11) is -1.61. The third kappa shape index (κ3) is 3.51. The van der Waals surface area contributed by atoms with Crippen LogP contribution in [-0.2, 0) is 10.0 Å². The lowest BCUT2D eigenvalue weighted by molar-refractivity contribution is 0.270. The summed E-state index contributed by atoms with van der Waals surface area (Å²) in [6.07, 6.45) is 1.58. The van der Waals surface area contributed by atoms with E-state index in [2.05, 4.69) is 4.90 Å². The summed E-state index contributed by atoms with van der Waals surface area (Å²) >= 11 is 6.09. The highest BCUT2D eigenvalue weighted by atomic mass is 35.5. The highest BCUT2D eigenvalue weighted by molar-refractivity contribution is 7.89. The first-order valence-electron chi connectivity index (χ1n) is 7.11. The van der Waals surface area contributed by atoms with Gasteiger partial charge in [0.25, 0.3) is 0 Å². The summed E-state index contributed by atoms with van der Waals surface area (Å²) in [6, 6.07) is 4.54. The Morgan fingerprint density at radius 1 is 1.38 bits per heavy atom. The van der Waals surface area contributed by atoms with Crippen LogP contribution in [0.2, 0.25) is 5.02 Å². The highest BCUT2D eigenvalue weighted by Gasteiger charge is 2.34. The number of benzene rings is 1. The van der Waals surface area contributed by atoms with E-state index in [9.17, 15) is 8.42 Å². The number of rotatable bonds is 3. The number of anilines is 1. The van der Waals surface area contributed by atoms with Crippen molar-refractivity contribution in [3.05, 3.63) is 23.2 Å². The van der Waals surface area contributed by atoms with Crippen molar-refractivity contribution >= 4 is 27.3 Å². The van der Waals surface area contributed by atoms with Gasteiger partial charge in [0.2, 0.25) is 10.0 Å². The van der Waals surface area contributed by atoms with Crippen LogP contribution in [0.5, 0.6) is 0 Å². The maximum absolute atomic E-state index is 13.0. The molecule has 7 heteroatoms. The minimum absolute atomic E-state index is 0.0417. The van der Waals surface area contributed by atoms with Crippen molar-refractivity contribution in [3.8, 4) is 0 Å². The second kappa shape index (κ2) is 6.52. The molecule has 1 aliphatic rings. The molecule has 1 aliphatic heterocycles. The molecule has 1 atom stereocenters. The number of nitrogen functional groups attached to an aromatic ring is 1. The highest BCUT2D eigenvalue weighted by Crippen LogP contribution is 2.29. The van der Waals surface area contributed by atoms with Crippen LogP contribution in [0.3, 0.4) is 0 Å². The maximum Gasteiger partial charge on any atom is 0.244 e. The summed E-state index contributed by atoms with van der Waals surface area (Å²) in [5.41, 5.74) is 6.12. The third-order valence-electron chi connectivity index (χ3n) is 3.86. The van der Waals surface area contributed by atoms with E-state index < -0.39 is 10.0 Å². The first-order chi connectivity index (χ1) is 9.86. The Balaban J connectivity index is 2.43. The SMILES string of the molecule is CCC1CN(C)CCCN1S(=O)(=O)c1cc(N)ccc1Cl. The molecular formula is C14H22ClN3O2S. The summed E-state index contributed by atoms with van der Waals surface area (Å²) < 4.78 is 27.5. The third-order valence-corrected chi connectivity index (χ3v) is 6.29. The Labute approximate surface area is 131 Å². The minimum atomic E-state index is -3.63. The van der Waals surface area contributed by atoms with Crippen LogP contribution in [-0.4, -0.2) is 50.3 Å². The zero-order valence-corrected chi connectivity index (χ0v) is 14.0. The van der Waals surface area contributed by atoms with E-state index in [1.165, 1.54) is 12.1 Å². The molecule has 0 saturated carbocycles. The predicted molar refractivity (Wildman–Crippen MR) is 85.9 cm³/mol. The van der Waals surface area contributed by atoms with E-state index >= 15 is 0 Å². The molecule has 0 radical (unpaired) electrons. The molecule has 5 nitrogen and oxygen atoms in total. The van der Waals surface area contributed by atoms with E-state index in [0.29, 0.717) is 12.2 Å². The van der Waals surface area contributed by atoms with Crippen molar-refractivity contribution in [2.75, 3.05) is 32.4 Å². The number of sulfonamides is 1. The quantitative estimate of drug-likeness (QED) is 0.861. The Morgan fingerprint density at radius 3 is 2.76 bits per heavy atom. The van der Waals surface area contributed by atoms with Gasteiger partial charge in [-0.05, 0) is 44.6 Å². The van der Waals surface area contributed by atoms with Crippen molar-refractivity contribution in [1.82, 2.24) is 9.21 Å². The summed E-state index contributed by atoms with van der Waals surface area (Å²) in [5.74, 6) is 0. The van der Waals surface area contributed by atoms with E-state index in [1.54, 1.807) is 10.4 Å². The van der Waals surface area contributed by atoms with Gasteiger partial charge in [0.05, 0.1) is 5.02 Å². The second-order valence-electron chi connectivity index (χ2n) is 5.48. The molecule has 1 fully saturated rings. The number of nitrogens with two attached hydrogens (primary N) is 1. The largest absolute Gasteiger partial charge is 0.399 e. The molecule has 118 valence electrons. The van der Waals surface area contributed by atoms with Crippen LogP contribution in [0.1, 0.15) is 19.8 Å². The van der Waals surface area contributed by atoms with Crippen molar-refractivity contribution in [3.63, 3.8) is 0 Å². The van der Waals surface area contributed by atoms with Crippen LogP contribution in [0.4, 0.5) is 5.69 Å². The Bertz CT molecular complexity index is 606. The molecule has 0 aliphatic carbocycles. The van der Waals surface area contributed by atoms with Gasteiger partial charge in [-0.15, -0.1) is 0 Å². The minimum Gasteiger partial charge on any atom is -0.399 e. The van der Waals surface area contributed by atoms with Crippen LogP contribution in [0.25, 0.3) is 0 Å². The van der Waals surface area contributed by atoms with Crippen molar-refractivity contribution in [1.29, 1.82) is 0 Å². The van der Waals surface area contributed by atoms with E-state index in [-0.39, 0.29) is 16.0 Å². The van der Waals surface area contributed by atoms with Gasteiger partial charge in [0, 0.05) is 24.8 Å². The normalized spacial score (nSPS) is 22.1. The lowest BCUT2D eigenvalue weighted by Crippen LogP contribution is -2.43. The van der Waals surface area contributed by atoms with Crippen LogP contribution >= 0.6 is 11.6 Å². The maximum atomic E-state index is 13.0. The zero-order chi connectivity index (χ0) is 15.6. The summed E-state index contributed by atoms with van der Waals surface area (Å²) in [5, 5.41) is 0.219. The molecule has 21 heavy (non-hydrogen) atoms. The van der Waals surface area contributed by atoms with Gasteiger partial charge in [-0.25, -0.2) is 8.42 Å². The van der Waals surface area contributed by atoms with Gasteiger partial charge in [0.1, 0.15) is 4.90 Å². The van der Waals surface area contributed by atoms with Crippen molar-refractivity contribution in [2.45, 2.75) is 30.7 Å².